The summed E-state index contributed by atoms with van der Waals surface area (Å²) in [7, 11) is 0. The fourth-order valence-electron chi connectivity index (χ4n) is 3.03. The Morgan fingerprint density at radius 3 is 2.50 bits per heavy atom. The highest BCUT2D eigenvalue weighted by atomic mass is 35.5. The van der Waals surface area contributed by atoms with E-state index in [0.717, 1.165) is 43.3 Å². The van der Waals surface area contributed by atoms with Crippen molar-refractivity contribution >= 4 is 40.9 Å². The first-order valence-corrected chi connectivity index (χ1v) is 10.6. The molecule has 0 spiro atoms. The molecule has 2 heterocycles. The molecule has 10 heteroatoms. The number of hydrogen-bond acceptors (Lipinski definition) is 4. The fourth-order valence-corrected chi connectivity index (χ4v) is 3.85. The molecule has 2 aromatic rings. The molecule has 0 aliphatic carbocycles. The summed E-state index contributed by atoms with van der Waals surface area (Å²) < 4.78 is 37.8. The predicted octanol–water partition coefficient (Wildman–Crippen LogP) is 5.11. The number of hydrogen-bond donors (Lipinski definition) is 1. The lowest BCUT2D eigenvalue weighted by molar-refractivity contribution is -0.137. The summed E-state index contributed by atoms with van der Waals surface area (Å²) in [4.78, 5) is 30.7. The molecular weight excluding hydrogens is 439 g/mol. The van der Waals surface area contributed by atoms with Crippen LogP contribution in [-0.2, 0) is 11.0 Å². The van der Waals surface area contributed by atoms with Gasteiger partial charge in [-0.3, -0.25) is 9.59 Å². The van der Waals surface area contributed by atoms with Crippen LogP contribution in [0, 0.1) is 0 Å². The minimum Gasteiger partial charge on any atom is -0.339 e. The number of piperidine rings is 1. The van der Waals surface area contributed by atoms with Crippen LogP contribution < -0.4 is 5.32 Å². The third kappa shape index (κ3) is 5.89. The van der Waals surface area contributed by atoms with Crippen LogP contribution in [0.25, 0.3) is 0 Å². The molecule has 2 amide bonds. The van der Waals surface area contributed by atoms with Crippen molar-refractivity contribution in [3.8, 4) is 0 Å². The minimum absolute atomic E-state index is 0.0811. The molecule has 5 nitrogen and oxygen atoms in total. The highest BCUT2D eigenvalue weighted by molar-refractivity contribution is 7.99. The number of halogens is 4. The molecule has 3 rings (SSSR count). The Balaban J connectivity index is 1.64. The number of nitrogens with zero attached hydrogens (tertiary/aromatic N) is 2. The van der Waals surface area contributed by atoms with Crippen molar-refractivity contribution in [3.63, 3.8) is 0 Å². The van der Waals surface area contributed by atoms with Gasteiger partial charge in [-0.2, -0.15) is 13.2 Å². The van der Waals surface area contributed by atoms with Gasteiger partial charge in [-0.1, -0.05) is 23.4 Å². The maximum atomic E-state index is 12.8. The van der Waals surface area contributed by atoms with Gasteiger partial charge in [0.2, 0.25) is 5.91 Å². The van der Waals surface area contributed by atoms with E-state index < -0.39 is 17.6 Å². The quantitative estimate of drug-likeness (QED) is 0.634. The molecule has 0 radical (unpaired) electrons. The lowest BCUT2D eigenvalue weighted by Crippen LogP contribution is -2.36. The van der Waals surface area contributed by atoms with Gasteiger partial charge in [0.25, 0.3) is 5.91 Å². The summed E-state index contributed by atoms with van der Waals surface area (Å²) in [5, 5.41) is 3.34. The van der Waals surface area contributed by atoms with Crippen LogP contribution in [0.3, 0.4) is 0 Å². The first kappa shape index (κ1) is 22.4. The normalized spacial score (nSPS) is 14.5. The average Bonchev–Trinajstić information content (AvgIpc) is 2.72. The molecule has 1 aliphatic rings. The van der Waals surface area contributed by atoms with Crippen molar-refractivity contribution in [2.75, 3.05) is 24.2 Å². The van der Waals surface area contributed by atoms with Crippen molar-refractivity contribution in [2.45, 2.75) is 30.5 Å². The largest absolute Gasteiger partial charge is 0.417 e. The van der Waals surface area contributed by atoms with Gasteiger partial charge < -0.3 is 10.2 Å². The Morgan fingerprint density at radius 1 is 1.13 bits per heavy atom. The number of rotatable bonds is 5. The maximum Gasteiger partial charge on any atom is 0.417 e. The Bertz CT molecular complexity index is 917. The zero-order valence-corrected chi connectivity index (χ0v) is 17.4. The number of benzene rings is 1. The van der Waals surface area contributed by atoms with Crippen LogP contribution in [0.1, 0.15) is 35.2 Å². The molecule has 30 heavy (non-hydrogen) atoms. The van der Waals surface area contributed by atoms with E-state index in [0.29, 0.717) is 29.4 Å². The van der Waals surface area contributed by atoms with E-state index in [1.807, 2.05) is 0 Å². The van der Waals surface area contributed by atoms with Gasteiger partial charge in [-0.25, -0.2) is 4.98 Å². The second-order valence-electron chi connectivity index (χ2n) is 6.76. The van der Waals surface area contributed by atoms with E-state index in [4.69, 9.17) is 11.6 Å². The van der Waals surface area contributed by atoms with Crippen molar-refractivity contribution in [1.82, 2.24) is 9.88 Å². The molecule has 1 aromatic heterocycles. The highest BCUT2D eigenvalue weighted by Gasteiger charge is 2.30. The number of alkyl halides is 3. The zero-order chi connectivity index (χ0) is 21.7. The molecular formula is C20H19ClF3N3O2S. The standard InChI is InChI=1S/C20H19ClF3N3O2S/c21-14-5-6-15(19(29)27-8-2-1-3-9-27)16(10-14)26-17(28)12-30-18-7-4-13(11-25-18)20(22,23)24/h4-7,10-11H,1-3,8-9,12H2,(H,26,28). The predicted molar refractivity (Wildman–Crippen MR) is 110 cm³/mol. The van der Waals surface area contributed by atoms with Crippen molar-refractivity contribution in [1.29, 1.82) is 0 Å². The average molecular weight is 458 g/mol. The number of thioether (sulfide) groups is 1. The van der Waals surface area contributed by atoms with E-state index in [-0.39, 0.29) is 16.7 Å². The molecule has 0 bridgehead atoms. The minimum atomic E-state index is -4.46. The number of pyridine rings is 1. The lowest BCUT2D eigenvalue weighted by Gasteiger charge is -2.27. The second kappa shape index (κ2) is 9.70. The van der Waals surface area contributed by atoms with Crippen molar-refractivity contribution < 1.29 is 22.8 Å². The Labute approximate surface area is 181 Å². The number of nitrogens with one attached hydrogen (secondary N) is 1. The van der Waals surface area contributed by atoms with Gasteiger partial charge in [0, 0.05) is 24.3 Å². The van der Waals surface area contributed by atoms with Crippen LogP contribution in [-0.4, -0.2) is 40.5 Å². The van der Waals surface area contributed by atoms with E-state index in [2.05, 4.69) is 10.3 Å². The third-order valence-corrected chi connectivity index (χ3v) is 5.72. The van der Waals surface area contributed by atoms with Crippen molar-refractivity contribution in [3.05, 3.63) is 52.7 Å². The Hall–Kier alpha value is -2.26. The SMILES string of the molecule is O=C(CSc1ccc(C(F)(F)F)cn1)Nc1cc(Cl)ccc1C(=O)N1CCCCC1. The van der Waals surface area contributed by atoms with E-state index in [9.17, 15) is 22.8 Å². The molecule has 0 atom stereocenters. The van der Waals surface area contributed by atoms with Gasteiger partial charge in [0.15, 0.2) is 0 Å². The molecule has 0 unspecified atom stereocenters. The van der Waals surface area contributed by atoms with Crippen LogP contribution in [0.15, 0.2) is 41.6 Å². The Kier molecular flexibility index (Phi) is 7.25. The number of likely N-dealkylation sites (tertiary alicyclic amines) is 1. The fraction of sp³-hybridized carbons (Fsp3) is 0.350. The lowest BCUT2D eigenvalue weighted by atomic mass is 10.1. The molecule has 1 aliphatic heterocycles. The summed E-state index contributed by atoms with van der Waals surface area (Å²) in [6, 6.07) is 6.82. The summed E-state index contributed by atoms with van der Waals surface area (Å²) in [5.41, 5.74) is -0.188. The zero-order valence-electron chi connectivity index (χ0n) is 15.8. The monoisotopic (exact) mass is 457 g/mol. The smallest absolute Gasteiger partial charge is 0.339 e. The summed E-state index contributed by atoms with van der Waals surface area (Å²) in [5.74, 6) is -0.669. The van der Waals surface area contributed by atoms with Gasteiger partial charge in [0.05, 0.1) is 27.6 Å². The number of amides is 2. The van der Waals surface area contributed by atoms with Crippen LogP contribution in [0.4, 0.5) is 18.9 Å². The molecule has 1 aromatic carbocycles. The number of anilines is 1. The molecule has 0 saturated carbocycles. The highest BCUT2D eigenvalue weighted by Crippen LogP contribution is 2.30. The maximum absolute atomic E-state index is 12.8. The second-order valence-corrected chi connectivity index (χ2v) is 8.19. The first-order chi connectivity index (χ1) is 14.2. The summed E-state index contributed by atoms with van der Waals surface area (Å²) >= 11 is 7.03. The van der Waals surface area contributed by atoms with E-state index in [1.165, 1.54) is 12.1 Å². The van der Waals surface area contributed by atoms with Gasteiger partial charge in [-0.05, 0) is 49.6 Å². The van der Waals surface area contributed by atoms with Crippen LogP contribution in [0.5, 0.6) is 0 Å². The Morgan fingerprint density at radius 2 is 1.87 bits per heavy atom. The van der Waals surface area contributed by atoms with E-state index >= 15 is 0 Å². The van der Waals surface area contributed by atoms with Gasteiger partial charge >= 0.3 is 6.18 Å². The van der Waals surface area contributed by atoms with Crippen LogP contribution >= 0.6 is 23.4 Å². The summed E-state index contributed by atoms with van der Waals surface area (Å²) in [6.07, 6.45) is -0.761. The first-order valence-electron chi connectivity index (χ1n) is 9.29. The summed E-state index contributed by atoms with van der Waals surface area (Å²) in [6.45, 7) is 1.34. The number of carbonyl (C=O) groups is 2. The molecule has 1 saturated heterocycles. The molecule has 160 valence electrons. The topological polar surface area (TPSA) is 62.3 Å². The van der Waals surface area contributed by atoms with Gasteiger partial charge in [-0.15, -0.1) is 0 Å². The third-order valence-electron chi connectivity index (χ3n) is 4.54. The number of carbonyl (C=O) groups excluding carboxylic acids is 2. The molecule has 1 N–H and O–H groups in total. The number of aromatic nitrogens is 1. The van der Waals surface area contributed by atoms with Gasteiger partial charge in [0.1, 0.15) is 0 Å². The van der Waals surface area contributed by atoms with Crippen LogP contribution in [0.2, 0.25) is 5.02 Å². The molecule has 1 fully saturated rings. The van der Waals surface area contributed by atoms with E-state index in [1.54, 1.807) is 17.0 Å². The van der Waals surface area contributed by atoms with Crippen molar-refractivity contribution in [2.24, 2.45) is 0 Å².